The number of unbranched alkanes of at least 4 members (excludes halogenated alkanes) is 48. The molecule has 0 saturated heterocycles. The van der Waals surface area contributed by atoms with E-state index in [1.165, 1.54) is 263 Å². The van der Waals surface area contributed by atoms with Crippen molar-refractivity contribution in [3.63, 3.8) is 0 Å². The number of hydrogen-bond acceptors (Lipinski definition) is 6. The van der Waals surface area contributed by atoms with Crippen LogP contribution in [0, 0.1) is 0 Å². The molecule has 1 unspecified atom stereocenters. The van der Waals surface area contributed by atoms with Gasteiger partial charge in [-0.25, -0.2) is 0 Å². The quantitative estimate of drug-likeness (QED) is 0.0261. The predicted molar refractivity (Wildman–Crippen MR) is 326 cm³/mol. The van der Waals surface area contributed by atoms with Crippen molar-refractivity contribution < 1.29 is 28.6 Å². The summed E-state index contributed by atoms with van der Waals surface area (Å²) in [4.78, 5) is 38.4. The Kier molecular flexibility index (Phi) is 62.6. The maximum Gasteiger partial charge on any atom is 0.306 e. The maximum atomic E-state index is 12.9. The van der Waals surface area contributed by atoms with E-state index >= 15 is 0 Å². The van der Waals surface area contributed by atoms with Gasteiger partial charge < -0.3 is 14.2 Å². The van der Waals surface area contributed by atoms with Gasteiger partial charge in [0.15, 0.2) is 6.10 Å². The number of hydrogen-bond donors (Lipinski definition) is 0. The molecule has 0 amide bonds. The zero-order valence-electron chi connectivity index (χ0n) is 50.8. The van der Waals surface area contributed by atoms with Crippen molar-refractivity contribution in [1.82, 2.24) is 0 Å². The maximum absolute atomic E-state index is 12.9. The Morgan fingerprint density at radius 1 is 0.267 bits per heavy atom. The van der Waals surface area contributed by atoms with E-state index in [9.17, 15) is 14.4 Å². The van der Waals surface area contributed by atoms with Crippen molar-refractivity contribution in [2.75, 3.05) is 13.2 Å². The van der Waals surface area contributed by atoms with E-state index < -0.39 is 6.10 Å². The van der Waals surface area contributed by atoms with Crippen LogP contribution in [0.2, 0.25) is 0 Å². The highest BCUT2D eigenvalue weighted by Gasteiger charge is 2.19. The van der Waals surface area contributed by atoms with Gasteiger partial charge >= 0.3 is 17.9 Å². The number of carbonyl (C=O) groups is 3. The van der Waals surface area contributed by atoms with E-state index in [1.807, 2.05) is 0 Å². The number of ether oxygens (including phenoxy) is 3. The minimum Gasteiger partial charge on any atom is -0.462 e. The molecule has 75 heavy (non-hydrogen) atoms. The molecule has 6 heteroatoms. The Labute approximate surface area is 468 Å². The van der Waals surface area contributed by atoms with E-state index in [0.717, 1.165) is 77.0 Å². The van der Waals surface area contributed by atoms with E-state index in [1.54, 1.807) is 0 Å². The molecule has 0 N–H and O–H groups in total. The Bertz CT molecular complexity index is 1210. The Morgan fingerprint density at radius 3 is 0.747 bits per heavy atom. The van der Waals surface area contributed by atoms with Crippen LogP contribution in [0.3, 0.4) is 0 Å². The van der Waals surface area contributed by atoms with Gasteiger partial charge in [0, 0.05) is 19.3 Å². The molecule has 0 aromatic heterocycles. The van der Waals surface area contributed by atoms with Gasteiger partial charge in [-0.1, -0.05) is 334 Å². The van der Waals surface area contributed by atoms with Crippen LogP contribution in [0.4, 0.5) is 0 Å². The van der Waals surface area contributed by atoms with Crippen LogP contribution in [0.25, 0.3) is 0 Å². The van der Waals surface area contributed by atoms with Gasteiger partial charge in [0.1, 0.15) is 13.2 Å². The van der Waals surface area contributed by atoms with Gasteiger partial charge in [-0.2, -0.15) is 0 Å². The van der Waals surface area contributed by atoms with Crippen LogP contribution >= 0.6 is 0 Å². The van der Waals surface area contributed by atoms with E-state index in [4.69, 9.17) is 14.2 Å². The van der Waals surface area contributed by atoms with Crippen LogP contribution in [-0.4, -0.2) is 37.2 Å². The second kappa shape index (κ2) is 64.4. The number of rotatable bonds is 63. The summed E-state index contributed by atoms with van der Waals surface area (Å²) in [5.41, 5.74) is 0. The van der Waals surface area contributed by atoms with Gasteiger partial charge in [-0.3, -0.25) is 14.4 Å². The summed E-state index contributed by atoms with van der Waals surface area (Å²) in [6.07, 6.45) is 77.6. The number of esters is 3. The molecule has 0 aromatic rings. The molecule has 6 nitrogen and oxygen atoms in total. The summed E-state index contributed by atoms with van der Waals surface area (Å²) in [5.74, 6) is -0.852. The first-order valence-corrected chi connectivity index (χ1v) is 33.8. The van der Waals surface area contributed by atoms with Crippen LogP contribution in [-0.2, 0) is 28.6 Å². The van der Waals surface area contributed by atoms with E-state index in [2.05, 4.69) is 45.1 Å². The molecule has 0 aromatic carbocycles. The lowest BCUT2D eigenvalue weighted by molar-refractivity contribution is -0.167. The highest BCUT2D eigenvalue weighted by molar-refractivity contribution is 5.71. The molecule has 0 fully saturated rings. The third-order valence-corrected chi connectivity index (χ3v) is 15.5. The highest BCUT2D eigenvalue weighted by Crippen LogP contribution is 2.18. The standard InChI is InChI=1S/C69H130O6/c1-4-7-10-13-16-19-22-25-28-31-33-35-37-38-41-44-47-50-53-56-59-62-68(71)74-65-66(64-73-67(70)61-58-55-52-49-46-43-40-30-27-24-21-18-15-12-9-6-3)75-69(72)63-60-57-54-51-48-45-42-39-36-34-32-29-26-23-20-17-14-11-8-5-2/h21,24,30,40,66H,4-20,22-23,25-29,31-39,41-65H2,1-3H3/b24-21-,40-30-. The average molecular weight is 1060 g/mol. The van der Waals surface area contributed by atoms with Crippen LogP contribution < -0.4 is 0 Å². The van der Waals surface area contributed by atoms with Gasteiger partial charge in [0.2, 0.25) is 0 Å². The monoisotopic (exact) mass is 1050 g/mol. The first kappa shape index (κ1) is 72.9. The first-order valence-electron chi connectivity index (χ1n) is 33.8. The number of carbonyl (C=O) groups excluding carboxylic acids is 3. The smallest absolute Gasteiger partial charge is 0.306 e. The SMILES string of the molecule is CCCCCC/C=C\C/C=C\CCCCCCCC(=O)OCC(COC(=O)CCCCCCCCCCCCCCCCCCCCCCC)OC(=O)CCCCCCCCCCCCCCCCCCCCCC. The average Bonchev–Trinajstić information content (AvgIpc) is 3.41. The molecule has 0 spiro atoms. The van der Waals surface area contributed by atoms with Crippen LogP contribution in [0.5, 0.6) is 0 Å². The summed E-state index contributed by atoms with van der Waals surface area (Å²) in [7, 11) is 0. The molecule has 0 aliphatic heterocycles. The van der Waals surface area contributed by atoms with Gasteiger partial charge in [-0.15, -0.1) is 0 Å². The Morgan fingerprint density at radius 2 is 0.480 bits per heavy atom. The topological polar surface area (TPSA) is 78.9 Å². The van der Waals surface area contributed by atoms with Gasteiger partial charge in [0.05, 0.1) is 0 Å². The Balaban J connectivity index is 4.30. The molecule has 0 saturated carbocycles. The zero-order chi connectivity index (χ0) is 54.3. The molecule has 0 aliphatic carbocycles. The fourth-order valence-corrected chi connectivity index (χ4v) is 10.4. The predicted octanol–water partition coefficient (Wildman–Crippen LogP) is 23.0. The summed E-state index contributed by atoms with van der Waals surface area (Å²) < 4.78 is 17.0. The lowest BCUT2D eigenvalue weighted by Gasteiger charge is -2.18. The molecular weight excluding hydrogens is 925 g/mol. The lowest BCUT2D eigenvalue weighted by Crippen LogP contribution is -2.30. The molecule has 1 atom stereocenters. The third kappa shape index (κ3) is 62.6. The zero-order valence-corrected chi connectivity index (χ0v) is 50.8. The van der Waals surface area contributed by atoms with Crippen molar-refractivity contribution in [3.8, 4) is 0 Å². The van der Waals surface area contributed by atoms with Crippen molar-refractivity contribution in [1.29, 1.82) is 0 Å². The molecule has 0 rings (SSSR count). The summed E-state index contributed by atoms with van der Waals surface area (Å²) in [6, 6.07) is 0. The third-order valence-electron chi connectivity index (χ3n) is 15.5. The van der Waals surface area contributed by atoms with Crippen molar-refractivity contribution in [3.05, 3.63) is 24.3 Å². The molecule has 442 valence electrons. The summed E-state index contributed by atoms with van der Waals surface area (Å²) >= 11 is 0. The minimum absolute atomic E-state index is 0.0693. The Hall–Kier alpha value is -2.11. The van der Waals surface area contributed by atoms with Crippen molar-refractivity contribution >= 4 is 17.9 Å². The second-order valence-corrected chi connectivity index (χ2v) is 23.1. The molecule has 0 heterocycles. The van der Waals surface area contributed by atoms with Crippen molar-refractivity contribution in [2.45, 2.75) is 386 Å². The highest BCUT2D eigenvalue weighted by atomic mass is 16.6. The van der Waals surface area contributed by atoms with E-state index in [0.29, 0.717) is 19.3 Å². The fraction of sp³-hybridized carbons (Fsp3) is 0.899. The first-order chi connectivity index (χ1) is 37.0. The van der Waals surface area contributed by atoms with Gasteiger partial charge in [0.25, 0.3) is 0 Å². The summed E-state index contributed by atoms with van der Waals surface area (Å²) in [6.45, 7) is 6.69. The number of allylic oxidation sites excluding steroid dienone is 4. The van der Waals surface area contributed by atoms with Crippen LogP contribution in [0.15, 0.2) is 24.3 Å². The normalized spacial score (nSPS) is 12.1. The summed E-state index contributed by atoms with van der Waals surface area (Å²) in [5, 5.41) is 0. The lowest BCUT2D eigenvalue weighted by atomic mass is 10.0. The molecule has 0 bridgehead atoms. The van der Waals surface area contributed by atoms with Crippen molar-refractivity contribution in [2.24, 2.45) is 0 Å². The molecule has 0 aliphatic rings. The minimum atomic E-state index is -0.774. The largest absolute Gasteiger partial charge is 0.462 e. The molecular formula is C69H130O6. The van der Waals surface area contributed by atoms with Gasteiger partial charge in [-0.05, 0) is 51.4 Å². The fourth-order valence-electron chi connectivity index (χ4n) is 10.4. The van der Waals surface area contributed by atoms with Crippen LogP contribution in [0.1, 0.15) is 380 Å². The second-order valence-electron chi connectivity index (χ2n) is 23.1. The van der Waals surface area contributed by atoms with E-state index in [-0.39, 0.29) is 31.1 Å². The molecule has 0 radical (unpaired) electrons.